The van der Waals surface area contributed by atoms with Gasteiger partial charge in [0.2, 0.25) is 0 Å². The van der Waals surface area contributed by atoms with E-state index in [1.54, 1.807) is 0 Å². The summed E-state index contributed by atoms with van der Waals surface area (Å²) in [6, 6.07) is 6.79. The molecule has 2 aromatic heterocycles. The molecule has 3 heterocycles. The number of rotatable bonds is 4. The molecule has 1 saturated heterocycles. The van der Waals surface area contributed by atoms with Crippen molar-refractivity contribution in [2.75, 3.05) is 25.0 Å². The number of likely N-dealkylation sites (N-methyl/N-ethyl adjacent to an activating group) is 1. The first-order valence-electron chi connectivity index (χ1n) is 7.48. The summed E-state index contributed by atoms with van der Waals surface area (Å²) in [6.07, 6.45) is 4.43. The molecule has 4 nitrogen and oxygen atoms in total. The molecular weight excluding hydrogens is 248 g/mol. The summed E-state index contributed by atoms with van der Waals surface area (Å²) in [5.74, 6) is 0.964. The minimum absolute atomic E-state index is 0.650. The van der Waals surface area contributed by atoms with Crippen molar-refractivity contribution in [2.45, 2.75) is 32.7 Å². The van der Waals surface area contributed by atoms with Crippen LogP contribution < -0.4 is 5.32 Å². The van der Waals surface area contributed by atoms with Crippen molar-refractivity contribution >= 4 is 16.7 Å². The zero-order valence-electron chi connectivity index (χ0n) is 12.3. The average Bonchev–Trinajstić information content (AvgIpc) is 2.92. The van der Waals surface area contributed by atoms with Gasteiger partial charge in [-0.25, -0.2) is 4.98 Å². The molecule has 1 unspecified atom stereocenters. The van der Waals surface area contributed by atoms with E-state index >= 15 is 0 Å². The van der Waals surface area contributed by atoms with Gasteiger partial charge in [-0.3, -0.25) is 9.88 Å². The number of hydrogen-bond donors (Lipinski definition) is 1. The third-order valence-corrected chi connectivity index (χ3v) is 4.24. The SMILES string of the molecule is CCN1CCCC1CNc1ccc2c(C)nccc2n1. The lowest BCUT2D eigenvalue weighted by atomic mass is 10.2. The molecule has 1 aliphatic heterocycles. The van der Waals surface area contributed by atoms with Crippen LogP contribution in [0.2, 0.25) is 0 Å². The molecule has 2 aromatic rings. The molecule has 0 aromatic carbocycles. The van der Waals surface area contributed by atoms with E-state index in [1.807, 2.05) is 19.2 Å². The number of aryl methyl sites for hydroxylation is 1. The van der Waals surface area contributed by atoms with E-state index in [0.29, 0.717) is 6.04 Å². The van der Waals surface area contributed by atoms with Crippen LogP contribution in [0.3, 0.4) is 0 Å². The van der Waals surface area contributed by atoms with Crippen LogP contribution in [0.25, 0.3) is 10.9 Å². The molecule has 3 rings (SSSR count). The molecule has 1 atom stereocenters. The van der Waals surface area contributed by atoms with Gasteiger partial charge < -0.3 is 5.32 Å². The van der Waals surface area contributed by atoms with Gasteiger partial charge >= 0.3 is 0 Å². The number of hydrogen-bond acceptors (Lipinski definition) is 4. The van der Waals surface area contributed by atoms with Crippen LogP contribution in [0.1, 0.15) is 25.5 Å². The molecule has 0 amide bonds. The number of pyridine rings is 2. The Bertz CT molecular complexity index is 596. The molecule has 1 fully saturated rings. The van der Waals surface area contributed by atoms with Gasteiger partial charge in [0.1, 0.15) is 5.82 Å². The summed E-state index contributed by atoms with van der Waals surface area (Å²) < 4.78 is 0. The molecule has 0 radical (unpaired) electrons. The molecule has 20 heavy (non-hydrogen) atoms. The topological polar surface area (TPSA) is 41.0 Å². The molecule has 4 heteroatoms. The van der Waals surface area contributed by atoms with Crippen molar-refractivity contribution in [1.82, 2.24) is 14.9 Å². The van der Waals surface area contributed by atoms with Crippen LogP contribution in [0.4, 0.5) is 5.82 Å². The van der Waals surface area contributed by atoms with E-state index in [0.717, 1.165) is 35.5 Å². The maximum Gasteiger partial charge on any atom is 0.126 e. The van der Waals surface area contributed by atoms with E-state index in [9.17, 15) is 0 Å². The van der Waals surface area contributed by atoms with Crippen LogP contribution in [0.5, 0.6) is 0 Å². The Morgan fingerprint density at radius 1 is 1.35 bits per heavy atom. The van der Waals surface area contributed by atoms with Crippen LogP contribution in [0.15, 0.2) is 24.4 Å². The lowest BCUT2D eigenvalue weighted by Gasteiger charge is -2.23. The van der Waals surface area contributed by atoms with Crippen LogP contribution in [-0.2, 0) is 0 Å². The van der Waals surface area contributed by atoms with Crippen molar-refractivity contribution in [1.29, 1.82) is 0 Å². The molecule has 0 spiro atoms. The maximum atomic E-state index is 4.68. The van der Waals surface area contributed by atoms with E-state index in [1.165, 1.54) is 19.4 Å². The molecular formula is C16H22N4. The van der Waals surface area contributed by atoms with Gasteiger partial charge in [-0.05, 0) is 51.1 Å². The van der Waals surface area contributed by atoms with Crippen molar-refractivity contribution in [3.05, 3.63) is 30.1 Å². The number of nitrogens with one attached hydrogen (secondary N) is 1. The number of likely N-dealkylation sites (tertiary alicyclic amines) is 1. The fraction of sp³-hybridized carbons (Fsp3) is 0.500. The minimum Gasteiger partial charge on any atom is -0.368 e. The monoisotopic (exact) mass is 270 g/mol. The first-order valence-corrected chi connectivity index (χ1v) is 7.48. The highest BCUT2D eigenvalue weighted by Crippen LogP contribution is 2.19. The highest BCUT2D eigenvalue weighted by Gasteiger charge is 2.22. The number of anilines is 1. The maximum absolute atomic E-state index is 4.68. The Morgan fingerprint density at radius 2 is 2.25 bits per heavy atom. The molecule has 0 bridgehead atoms. The molecule has 106 valence electrons. The average molecular weight is 270 g/mol. The second-order valence-electron chi connectivity index (χ2n) is 5.47. The third-order valence-electron chi connectivity index (χ3n) is 4.24. The normalized spacial score (nSPS) is 19.6. The predicted octanol–water partition coefficient (Wildman–Crippen LogP) is 2.83. The summed E-state index contributed by atoms with van der Waals surface area (Å²) in [4.78, 5) is 11.5. The lowest BCUT2D eigenvalue weighted by molar-refractivity contribution is 0.277. The molecule has 0 aliphatic carbocycles. The number of fused-ring (bicyclic) bond motifs is 1. The Morgan fingerprint density at radius 3 is 3.10 bits per heavy atom. The van der Waals surface area contributed by atoms with E-state index < -0.39 is 0 Å². The highest BCUT2D eigenvalue weighted by atomic mass is 15.2. The van der Waals surface area contributed by atoms with Crippen LogP contribution in [-0.4, -0.2) is 40.5 Å². The second kappa shape index (κ2) is 5.75. The Hall–Kier alpha value is -1.68. The van der Waals surface area contributed by atoms with Gasteiger partial charge in [-0.1, -0.05) is 6.92 Å². The van der Waals surface area contributed by atoms with Crippen LogP contribution >= 0.6 is 0 Å². The van der Waals surface area contributed by atoms with Gasteiger partial charge in [0, 0.05) is 29.9 Å². The number of aromatic nitrogens is 2. The summed E-state index contributed by atoms with van der Waals surface area (Å²) >= 11 is 0. The van der Waals surface area contributed by atoms with Gasteiger partial charge in [0.25, 0.3) is 0 Å². The second-order valence-corrected chi connectivity index (χ2v) is 5.47. The van der Waals surface area contributed by atoms with E-state index in [2.05, 4.69) is 39.2 Å². The van der Waals surface area contributed by atoms with Gasteiger partial charge in [0.15, 0.2) is 0 Å². The Kier molecular flexibility index (Phi) is 3.83. The van der Waals surface area contributed by atoms with Crippen LogP contribution in [0, 0.1) is 6.92 Å². The molecule has 1 N–H and O–H groups in total. The van der Waals surface area contributed by atoms with Crippen molar-refractivity contribution in [3.8, 4) is 0 Å². The van der Waals surface area contributed by atoms with E-state index in [-0.39, 0.29) is 0 Å². The minimum atomic E-state index is 0.650. The summed E-state index contributed by atoms with van der Waals surface area (Å²) in [5.41, 5.74) is 2.05. The number of nitrogens with zero attached hydrogens (tertiary/aromatic N) is 3. The predicted molar refractivity (Wildman–Crippen MR) is 83.0 cm³/mol. The molecule has 1 aliphatic rings. The zero-order valence-corrected chi connectivity index (χ0v) is 12.3. The lowest BCUT2D eigenvalue weighted by Crippen LogP contribution is -2.34. The smallest absolute Gasteiger partial charge is 0.126 e. The zero-order chi connectivity index (χ0) is 13.9. The van der Waals surface area contributed by atoms with Crippen molar-refractivity contribution < 1.29 is 0 Å². The standard InChI is InChI=1S/C16H22N4/c1-3-20-10-4-5-13(20)11-18-16-7-6-14-12(2)17-9-8-15(14)19-16/h6-9,13H,3-5,10-11H2,1-2H3,(H,18,19). The first kappa shape index (κ1) is 13.3. The largest absolute Gasteiger partial charge is 0.368 e. The summed E-state index contributed by atoms with van der Waals surface area (Å²) in [7, 11) is 0. The van der Waals surface area contributed by atoms with Gasteiger partial charge in [-0.2, -0.15) is 0 Å². The quantitative estimate of drug-likeness (QED) is 0.927. The highest BCUT2D eigenvalue weighted by molar-refractivity contribution is 5.81. The fourth-order valence-corrected chi connectivity index (χ4v) is 3.06. The molecule has 0 saturated carbocycles. The Balaban J connectivity index is 1.72. The first-order chi connectivity index (χ1) is 9.78. The summed E-state index contributed by atoms with van der Waals surface area (Å²) in [6.45, 7) is 7.62. The Labute approximate surface area is 120 Å². The van der Waals surface area contributed by atoms with Gasteiger partial charge in [0.05, 0.1) is 5.52 Å². The third kappa shape index (κ3) is 2.61. The van der Waals surface area contributed by atoms with Crippen molar-refractivity contribution in [2.24, 2.45) is 0 Å². The van der Waals surface area contributed by atoms with E-state index in [4.69, 9.17) is 0 Å². The summed E-state index contributed by atoms with van der Waals surface area (Å²) in [5, 5.41) is 4.62. The fourth-order valence-electron chi connectivity index (χ4n) is 3.06. The van der Waals surface area contributed by atoms with Crippen molar-refractivity contribution in [3.63, 3.8) is 0 Å². The van der Waals surface area contributed by atoms with Gasteiger partial charge in [-0.15, -0.1) is 0 Å².